The van der Waals surface area contributed by atoms with Crippen LogP contribution in [0.5, 0.6) is 0 Å². The third-order valence-electron chi connectivity index (χ3n) is 9.99. The summed E-state index contributed by atoms with van der Waals surface area (Å²) in [6.07, 6.45) is 8.72. The van der Waals surface area contributed by atoms with Crippen molar-refractivity contribution in [3.05, 3.63) is 0 Å². The van der Waals surface area contributed by atoms with Crippen molar-refractivity contribution >= 4 is 0 Å². The van der Waals surface area contributed by atoms with Crippen molar-refractivity contribution in [1.29, 1.82) is 0 Å². The van der Waals surface area contributed by atoms with Crippen LogP contribution < -0.4 is 0 Å². The van der Waals surface area contributed by atoms with Crippen LogP contribution in [0.15, 0.2) is 0 Å². The van der Waals surface area contributed by atoms with Crippen LogP contribution in [0, 0.1) is 40.4 Å². The van der Waals surface area contributed by atoms with E-state index < -0.39 is 0 Å². The summed E-state index contributed by atoms with van der Waals surface area (Å²) in [4.78, 5) is 0. The molecule has 3 heteroatoms. The first-order valence-electron chi connectivity index (χ1n) is 10.8. The van der Waals surface area contributed by atoms with Crippen molar-refractivity contribution in [2.45, 2.75) is 89.9 Å². The van der Waals surface area contributed by atoms with Gasteiger partial charge in [-0.1, -0.05) is 13.8 Å². The first-order chi connectivity index (χ1) is 11.8. The smallest absolute Gasteiger partial charge is 0.0921 e. The summed E-state index contributed by atoms with van der Waals surface area (Å²) in [5.74, 6) is 3.21. The van der Waals surface area contributed by atoms with Gasteiger partial charge in [-0.3, -0.25) is 0 Å². The van der Waals surface area contributed by atoms with E-state index in [9.17, 15) is 10.2 Å². The van der Waals surface area contributed by atoms with Gasteiger partial charge in [0.15, 0.2) is 0 Å². The zero-order valence-corrected chi connectivity index (χ0v) is 16.2. The standard InChI is InChI=1S/C22H36O3/c1-20-8-6-13(23)10-17(20)18(24)11-14-15-4-5-19(22(3)12-25-22)21(15,2)9-7-16(14)20/h13-19,23-24H,4-12H2,1-3H3/t13-,14+,15-,16+,17-,18+,19-,20-,21+,22-/m1/s1. The molecule has 0 spiro atoms. The molecule has 1 heterocycles. The molecule has 0 aromatic carbocycles. The molecule has 1 saturated heterocycles. The lowest BCUT2D eigenvalue weighted by atomic mass is 9.44. The van der Waals surface area contributed by atoms with Crippen LogP contribution in [0.25, 0.3) is 0 Å². The predicted molar refractivity (Wildman–Crippen MR) is 97.0 cm³/mol. The minimum Gasteiger partial charge on any atom is -0.393 e. The van der Waals surface area contributed by atoms with Gasteiger partial charge in [-0.25, -0.2) is 0 Å². The Balaban J connectivity index is 1.46. The van der Waals surface area contributed by atoms with E-state index in [-0.39, 0.29) is 23.2 Å². The second-order valence-corrected chi connectivity index (χ2v) is 11.0. The van der Waals surface area contributed by atoms with E-state index >= 15 is 0 Å². The van der Waals surface area contributed by atoms with E-state index in [0.717, 1.165) is 44.1 Å². The molecule has 25 heavy (non-hydrogen) atoms. The maximum absolute atomic E-state index is 11.0. The monoisotopic (exact) mass is 348 g/mol. The van der Waals surface area contributed by atoms with Crippen LogP contribution in [-0.4, -0.2) is 34.6 Å². The lowest BCUT2D eigenvalue weighted by Gasteiger charge is -2.62. The summed E-state index contributed by atoms with van der Waals surface area (Å²) in [5, 5.41) is 21.2. The van der Waals surface area contributed by atoms with E-state index in [4.69, 9.17) is 4.74 Å². The van der Waals surface area contributed by atoms with E-state index in [1.807, 2.05) is 0 Å². The molecule has 4 aliphatic carbocycles. The Bertz CT molecular complexity index is 557. The van der Waals surface area contributed by atoms with Crippen LogP contribution in [0.1, 0.15) is 72.1 Å². The second-order valence-electron chi connectivity index (χ2n) is 11.0. The number of aliphatic hydroxyl groups is 2. The summed E-state index contributed by atoms with van der Waals surface area (Å²) < 4.78 is 5.89. The number of hydrogen-bond acceptors (Lipinski definition) is 3. The highest BCUT2D eigenvalue weighted by Crippen LogP contribution is 2.69. The number of ether oxygens (including phenoxy) is 1. The van der Waals surface area contributed by atoms with Crippen molar-refractivity contribution in [1.82, 2.24) is 0 Å². The van der Waals surface area contributed by atoms with Crippen LogP contribution in [0.4, 0.5) is 0 Å². The fourth-order valence-electron chi connectivity index (χ4n) is 8.60. The summed E-state index contributed by atoms with van der Waals surface area (Å²) in [7, 11) is 0. The molecule has 5 aliphatic rings. The van der Waals surface area contributed by atoms with E-state index in [1.54, 1.807) is 0 Å². The van der Waals surface area contributed by atoms with Gasteiger partial charge in [-0.2, -0.15) is 0 Å². The largest absolute Gasteiger partial charge is 0.393 e. The zero-order chi connectivity index (χ0) is 17.6. The lowest BCUT2D eigenvalue weighted by Crippen LogP contribution is -2.58. The van der Waals surface area contributed by atoms with Crippen LogP contribution in [-0.2, 0) is 4.74 Å². The minimum absolute atomic E-state index is 0.144. The predicted octanol–water partition coefficient (Wildman–Crippen LogP) is 3.77. The van der Waals surface area contributed by atoms with E-state index in [2.05, 4.69) is 20.8 Å². The van der Waals surface area contributed by atoms with Gasteiger partial charge < -0.3 is 14.9 Å². The summed E-state index contributed by atoms with van der Waals surface area (Å²) in [6.45, 7) is 8.27. The molecule has 5 rings (SSSR count). The summed E-state index contributed by atoms with van der Waals surface area (Å²) >= 11 is 0. The van der Waals surface area contributed by atoms with Gasteiger partial charge >= 0.3 is 0 Å². The SMILES string of the molecule is C[C@]12CC[C@H]3[C@@H](C[C@H](O)[C@H]4C[C@H](O)CC[C@@]43C)[C@H]1CC[C@H]2[C@@]1(C)CO1. The van der Waals surface area contributed by atoms with Crippen molar-refractivity contribution in [3.63, 3.8) is 0 Å². The average molecular weight is 349 g/mol. The molecule has 10 atom stereocenters. The van der Waals surface area contributed by atoms with Gasteiger partial charge in [-0.15, -0.1) is 0 Å². The van der Waals surface area contributed by atoms with Gasteiger partial charge in [0, 0.05) is 0 Å². The lowest BCUT2D eigenvalue weighted by molar-refractivity contribution is -0.172. The molecule has 0 unspecified atom stereocenters. The quantitative estimate of drug-likeness (QED) is 0.709. The number of aliphatic hydroxyl groups excluding tert-OH is 2. The summed E-state index contributed by atoms with van der Waals surface area (Å²) in [5.41, 5.74) is 0.787. The Kier molecular flexibility index (Phi) is 3.56. The second kappa shape index (κ2) is 5.23. The van der Waals surface area contributed by atoms with Crippen LogP contribution >= 0.6 is 0 Å². The van der Waals surface area contributed by atoms with Crippen LogP contribution in [0.3, 0.4) is 0 Å². The van der Waals surface area contributed by atoms with Gasteiger partial charge in [0.05, 0.1) is 24.4 Å². The maximum Gasteiger partial charge on any atom is 0.0921 e. The summed E-state index contributed by atoms with van der Waals surface area (Å²) in [6, 6.07) is 0. The van der Waals surface area contributed by atoms with E-state index in [1.165, 1.54) is 25.7 Å². The van der Waals surface area contributed by atoms with Crippen molar-refractivity contribution in [2.24, 2.45) is 40.4 Å². The molecule has 1 aliphatic heterocycles. The number of hydrogen-bond donors (Lipinski definition) is 2. The molecule has 3 nitrogen and oxygen atoms in total. The fourth-order valence-corrected chi connectivity index (χ4v) is 8.60. The van der Waals surface area contributed by atoms with Crippen LogP contribution in [0.2, 0.25) is 0 Å². The molecule has 0 radical (unpaired) electrons. The van der Waals surface area contributed by atoms with Gasteiger partial charge in [0.2, 0.25) is 0 Å². The zero-order valence-electron chi connectivity index (χ0n) is 16.2. The molecule has 0 amide bonds. The molecule has 4 saturated carbocycles. The number of rotatable bonds is 1. The number of epoxide rings is 1. The Morgan fingerprint density at radius 2 is 1.48 bits per heavy atom. The van der Waals surface area contributed by atoms with Gasteiger partial charge in [0.1, 0.15) is 0 Å². The molecule has 0 bridgehead atoms. The highest BCUT2D eigenvalue weighted by Gasteiger charge is 2.66. The minimum atomic E-state index is -0.213. The van der Waals surface area contributed by atoms with Crippen molar-refractivity contribution < 1.29 is 14.9 Å². The highest BCUT2D eigenvalue weighted by atomic mass is 16.6. The van der Waals surface area contributed by atoms with Crippen molar-refractivity contribution in [3.8, 4) is 0 Å². The van der Waals surface area contributed by atoms with Gasteiger partial charge in [0.25, 0.3) is 0 Å². The molecular formula is C22H36O3. The normalized spacial score (nSPS) is 63.5. The molecular weight excluding hydrogens is 312 g/mol. The topological polar surface area (TPSA) is 53.0 Å². The number of fused-ring (bicyclic) bond motifs is 5. The molecule has 2 N–H and O–H groups in total. The highest BCUT2D eigenvalue weighted by molar-refractivity contribution is 5.14. The first kappa shape index (κ1) is 17.0. The third-order valence-corrected chi connectivity index (χ3v) is 9.99. The Morgan fingerprint density at radius 3 is 2.20 bits per heavy atom. The van der Waals surface area contributed by atoms with Gasteiger partial charge in [-0.05, 0) is 98.7 Å². The molecule has 5 fully saturated rings. The van der Waals surface area contributed by atoms with E-state index in [0.29, 0.717) is 23.2 Å². The fraction of sp³-hybridized carbons (Fsp3) is 1.00. The first-order valence-corrected chi connectivity index (χ1v) is 10.8. The Morgan fingerprint density at radius 1 is 0.800 bits per heavy atom. The molecule has 0 aromatic heterocycles. The Hall–Kier alpha value is -0.120. The third kappa shape index (κ3) is 2.21. The average Bonchev–Trinajstić information content (AvgIpc) is 3.18. The molecule has 0 aromatic rings. The maximum atomic E-state index is 11.0. The Labute approximate surface area is 152 Å². The van der Waals surface area contributed by atoms with Crippen molar-refractivity contribution in [2.75, 3.05) is 6.61 Å². The molecule has 142 valence electrons.